The molecule has 6 nitrogen and oxygen atoms in total. The average molecular weight is 630 g/mol. The summed E-state index contributed by atoms with van der Waals surface area (Å²) in [4.78, 5) is 24.3. The first-order chi connectivity index (χ1) is 22.2. The van der Waals surface area contributed by atoms with Crippen molar-refractivity contribution in [3.63, 3.8) is 0 Å². The van der Waals surface area contributed by atoms with Crippen LogP contribution >= 0.6 is 0 Å². The van der Waals surface area contributed by atoms with Gasteiger partial charge in [-0.25, -0.2) is 8.78 Å². The molecule has 4 aromatic carbocycles. The van der Waals surface area contributed by atoms with Crippen molar-refractivity contribution in [2.45, 2.75) is 57.8 Å². The van der Waals surface area contributed by atoms with Crippen molar-refractivity contribution in [1.82, 2.24) is 0 Å². The first-order valence-electron chi connectivity index (χ1n) is 15.7. The van der Waals surface area contributed by atoms with E-state index in [-0.39, 0.29) is 31.1 Å². The van der Waals surface area contributed by atoms with Crippen molar-refractivity contribution in [1.29, 1.82) is 0 Å². The fourth-order valence-electron chi connectivity index (χ4n) is 5.55. The van der Waals surface area contributed by atoms with Gasteiger partial charge in [0.2, 0.25) is 0 Å². The Labute approximate surface area is 269 Å². The molecule has 0 aliphatic carbocycles. The van der Waals surface area contributed by atoms with E-state index in [0.717, 1.165) is 77.7 Å². The Morgan fingerprint density at radius 1 is 0.674 bits per heavy atom. The molecule has 0 aliphatic rings. The second kappa shape index (κ2) is 17.1. The fraction of sp³-hybridized carbons (Fsp3) is 0.316. The molecule has 0 saturated heterocycles. The van der Waals surface area contributed by atoms with Crippen LogP contribution in [0.1, 0.15) is 56.1 Å². The van der Waals surface area contributed by atoms with Crippen LogP contribution in [0.15, 0.2) is 84.9 Å². The van der Waals surface area contributed by atoms with Crippen LogP contribution in [-0.4, -0.2) is 42.4 Å². The highest BCUT2D eigenvalue weighted by atomic mass is 19.1. The lowest BCUT2D eigenvalue weighted by atomic mass is 9.96. The monoisotopic (exact) mass is 629 g/mol. The molecule has 0 atom stereocenters. The highest BCUT2D eigenvalue weighted by molar-refractivity contribution is 5.78. The lowest BCUT2D eigenvalue weighted by molar-refractivity contribution is -0.138. The van der Waals surface area contributed by atoms with Gasteiger partial charge in [0, 0.05) is 32.1 Å². The van der Waals surface area contributed by atoms with E-state index >= 15 is 0 Å². The number of unbranched alkanes of at least 4 members (excludes halogenated alkanes) is 3. The lowest BCUT2D eigenvalue weighted by Crippen LogP contribution is -2.18. The number of nitrogens with zero attached hydrogens (tertiary/aromatic N) is 1. The van der Waals surface area contributed by atoms with Gasteiger partial charge in [-0.2, -0.15) is 0 Å². The van der Waals surface area contributed by atoms with Gasteiger partial charge in [-0.15, -0.1) is 0 Å². The fourth-order valence-corrected chi connectivity index (χ4v) is 5.55. The van der Waals surface area contributed by atoms with E-state index in [1.54, 1.807) is 12.1 Å². The van der Waals surface area contributed by atoms with E-state index in [0.29, 0.717) is 18.6 Å². The van der Waals surface area contributed by atoms with Gasteiger partial charge in [0.25, 0.3) is 0 Å². The van der Waals surface area contributed by atoms with E-state index in [1.165, 1.54) is 24.3 Å². The van der Waals surface area contributed by atoms with Crippen molar-refractivity contribution >= 4 is 17.6 Å². The molecule has 0 bridgehead atoms. The molecule has 2 N–H and O–H groups in total. The SMILES string of the molecule is CN(CCCCCCc1cccc(OCCCC(=O)O)c1CCC(=O)O)c1cc(-c2cccc(F)c2)cc(-c2cccc(F)c2)c1. The Bertz CT molecular complexity index is 1560. The van der Waals surface area contributed by atoms with Gasteiger partial charge in [0.15, 0.2) is 0 Å². The van der Waals surface area contributed by atoms with Gasteiger partial charge in [0.1, 0.15) is 17.4 Å². The van der Waals surface area contributed by atoms with Crippen LogP contribution in [0.25, 0.3) is 22.3 Å². The molecule has 0 aromatic heterocycles. The molecule has 0 aliphatic heterocycles. The molecule has 0 radical (unpaired) electrons. The van der Waals surface area contributed by atoms with E-state index in [4.69, 9.17) is 9.84 Å². The number of carbonyl (C=O) groups is 2. The van der Waals surface area contributed by atoms with E-state index < -0.39 is 11.9 Å². The molecule has 242 valence electrons. The van der Waals surface area contributed by atoms with Crippen LogP contribution in [0.3, 0.4) is 0 Å². The molecule has 0 unspecified atom stereocenters. The number of hydrogen-bond acceptors (Lipinski definition) is 4. The van der Waals surface area contributed by atoms with Crippen LogP contribution in [0.2, 0.25) is 0 Å². The summed E-state index contributed by atoms with van der Waals surface area (Å²) >= 11 is 0. The molecule has 0 spiro atoms. The number of hydrogen-bond donors (Lipinski definition) is 2. The number of aliphatic carboxylic acids is 2. The average Bonchev–Trinajstić information content (AvgIpc) is 3.03. The largest absolute Gasteiger partial charge is 0.493 e. The molecule has 4 aromatic rings. The van der Waals surface area contributed by atoms with Crippen molar-refractivity contribution in [2.75, 3.05) is 25.1 Å². The first kappa shape index (κ1) is 34.2. The number of anilines is 1. The van der Waals surface area contributed by atoms with Crippen molar-refractivity contribution in [3.8, 4) is 28.0 Å². The maximum atomic E-state index is 14.1. The van der Waals surface area contributed by atoms with Crippen molar-refractivity contribution in [3.05, 3.63) is 108 Å². The number of halogens is 2. The standard InChI is InChI=1S/C38H41F2NO5/c1-41(34-25-30(28-12-6-14-32(39)23-28)22-31(26-34)29-13-7-15-33(40)24-29)20-5-3-2-4-10-27-11-8-16-36(35(27)18-19-38(44)45)46-21-9-17-37(42)43/h6-8,11-16,22-26H,2-5,9-10,17-21H2,1H3,(H,42,43)(H,44,45). The van der Waals surface area contributed by atoms with Crippen molar-refractivity contribution in [2.24, 2.45) is 0 Å². The Morgan fingerprint density at radius 2 is 1.28 bits per heavy atom. The van der Waals surface area contributed by atoms with Crippen LogP contribution < -0.4 is 9.64 Å². The molecular weight excluding hydrogens is 588 g/mol. The number of rotatable bonds is 18. The Hall–Kier alpha value is -4.72. The minimum atomic E-state index is -0.875. The quantitative estimate of drug-likeness (QED) is 0.107. The molecule has 8 heteroatoms. The highest BCUT2D eigenvalue weighted by Gasteiger charge is 2.13. The summed E-state index contributed by atoms with van der Waals surface area (Å²) in [5, 5.41) is 18.1. The zero-order chi connectivity index (χ0) is 32.9. The zero-order valence-electron chi connectivity index (χ0n) is 26.2. The van der Waals surface area contributed by atoms with Gasteiger partial charge < -0.3 is 19.8 Å². The Morgan fingerprint density at radius 3 is 1.89 bits per heavy atom. The summed E-state index contributed by atoms with van der Waals surface area (Å²) in [6, 6.07) is 24.7. The second-order valence-electron chi connectivity index (χ2n) is 11.5. The predicted octanol–water partition coefficient (Wildman–Crippen LogP) is 8.80. The number of aryl methyl sites for hydroxylation is 1. The zero-order valence-corrected chi connectivity index (χ0v) is 26.2. The van der Waals surface area contributed by atoms with Gasteiger partial charge >= 0.3 is 11.9 Å². The lowest BCUT2D eigenvalue weighted by Gasteiger charge is -2.22. The Balaban J connectivity index is 1.36. The number of benzene rings is 4. The minimum absolute atomic E-state index is 0.00380. The molecule has 0 saturated carbocycles. The summed E-state index contributed by atoms with van der Waals surface area (Å²) < 4.78 is 34.0. The normalized spacial score (nSPS) is 10.9. The van der Waals surface area contributed by atoms with E-state index in [9.17, 15) is 23.5 Å². The van der Waals surface area contributed by atoms with Crippen molar-refractivity contribution < 1.29 is 33.3 Å². The molecule has 0 heterocycles. The second-order valence-corrected chi connectivity index (χ2v) is 11.5. The predicted molar refractivity (Wildman–Crippen MR) is 177 cm³/mol. The van der Waals surface area contributed by atoms with Crippen LogP contribution in [0.5, 0.6) is 5.75 Å². The number of carboxylic acid groups (broad SMARTS) is 2. The molecule has 46 heavy (non-hydrogen) atoms. The topological polar surface area (TPSA) is 87.1 Å². The summed E-state index contributed by atoms with van der Waals surface area (Å²) in [5.41, 5.74) is 6.13. The molecule has 0 fully saturated rings. The van der Waals surface area contributed by atoms with Gasteiger partial charge in [-0.05, 0) is 114 Å². The van der Waals surface area contributed by atoms with Crippen LogP contribution in [0, 0.1) is 11.6 Å². The third kappa shape index (κ3) is 10.4. The third-order valence-electron chi connectivity index (χ3n) is 7.98. The summed E-state index contributed by atoms with van der Waals surface area (Å²) in [6.07, 6.45) is 5.43. The highest BCUT2D eigenvalue weighted by Crippen LogP contribution is 2.33. The number of ether oxygens (including phenoxy) is 1. The minimum Gasteiger partial charge on any atom is -0.493 e. The maximum absolute atomic E-state index is 14.1. The third-order valence-corrected chi connectivity index (χ3v) is 7.98. The van der Waals surface area contributed by atoms with Crippen LogP contribution in [0.4, 0.5) is 14.5 Å². The van der Waals surface area contributed by atoms with Gasteiger partial charge in [-0.1, -0.05) is 49.2 Å². The first-order valence-corrected chi connectivity index (χ1v) is 15.7. The molecule has 0 amide bonds. The van der Waals surface area contributed by atoms with Crippen LogP contribution in [-0.2, 0) is 22.4 Å². The summed E-state index contributed by atoms with van der Waals surface area (Å²) in [7, 11) is 2.02. The smallest absolute Gasteiger partial charge is 0.303 e. The van der Waals surface area contributed by atoms with E-state index in [2.05, 4.69) is 4.90 Å². The summed E-state index contributed by atoms with van der Waals surface area (Å²) in [5.74, 6) is -1.75. The number of carboxylic acids is 2. The maximum Gasteiger partial charge on any atom is 0.303 e. The molecular formula is C38H41F2NO5. The summed E-state index contributed by atoms with van der Waals surface area (Å²) in [6.45, 7) is 1.07. The van der Waals surface area contributed by atoms with E-state index in [1.807, 2.05) is 55.6 Å². The van der Waals surface area contributed by atoms with Gasteiger partial charge in [0.05, 0.1) is 6.61 Å². The molecule has 4 rings (SSSR count). The Kier molecular flexibility index (Phi) is 12.7. The van der Waals surface area contributed by atoms with Gasteiger partial charge in [-0.3, -0.25) is 9.59 Å².